The van der Waals surface area contributed by atoms with Gasteiger partial charge in [0.05, 0.1) is 5.56 Å². The van der Waals surface area contributed by atoms with Gasteiger partial charge in [0.15, 0.2) is 6.10 Å². The molecule has 1 atom stereocenters. The van der Waals surface area contributed by atoms with Crippen molar-refractivity contribution in [3.05, 3.63) is 33.4 Å². The quantitative estimate of drug-likeness (QED) is 0.540. The van der Waals surface area contributed by atoms with E-state index in [1.54, 1.807) is 18.2 Å². The maximum Gasteiger partial charge on any atom is 0.326 e. The van der Waals surface area contributed by atoms with Gasteiger partial charge in [-0.05, 0) is 54.5 Å². The van der Waals surface area contributed by atoms with Crippen LogP contribution in [0.4, 0.5) is 0 Å². The minimum absolute atomic E-state index is 0.216. The fourth-order valence-electron chi connectivity index (χ4n) is 1.73. The van der Waals surface area contributed by atoms with Crippen LogP contribution < -0.4 is 10.6 Å². The molecular weight excluding hydrogens is 399 g/mol. The molecule has 0 saturated heterocycles. The molecular formula is C15H17IN2O4. The number of benzene rings is 1. The standard InChI is InChI=1S/C15H17IN2O4/c1-9(14(20)18-10-6-7-10)22-13(19)8-17-15(21)11-4-2-3-5-12(11)16/h2-5,9-10H,6-8H2,1H3,(H,17,21)(H,18,20)/t9-/m0/s1. The van der Waals surface area contributed by atoms with Crippen molar-refractivity contribution in [2.75, 3.05) is 6.54 Å². The maximum absolute atomic E-state index is 11.9. The van der Waals surface area contributed by atoms with Gasteiger partial charge < -0.3 is 15.4 Å². The van der Waals surface area contributed by atoms with Gasteiger partial charge in [-0.3, -0.25) is 14.4 Å². The Morgan fingerprint density at radius 3 is 2.64 bits per heavy atom. The van der Waals surface area contributed by atoms with Crippen molar-refractivity contribution < 1.29 is 19.1 Å². The van der Waals surface area contributed by atoms with Crippen molar-refractivity contribution in [3.63, 3.8) is 0 Å². The molecule has 1 saturated carbocycles. The van der Waals surface area contributed by atoms with Crippen LogP contribution in [0.3, 0.4) is 0 Å². The van der Waals surface area contributed by atoms with Crippen LogP contribution in [-0.4, -0.2) is 36.5 Å². The molecule has 2 amide bonds. The molecule has 0 heterocycles. The molecule has 1 fully saturated rings. The van der Waals surface area contributed by atoms with Crippen molar-refractivity contribution >= 4 is 40.4 Å². The summed E-state index contributed by atoms with van der Waals surface area (Å²) in [5.74, 6) is -1.30. The molecule has 0 aromatic heterocycles. The molecule has 2 rings (SSSR count). The summed E-state index contributed by atoms with van der Waals surface area (Å²) in [6.07, 6.45) is 1.08. The van der Waals surface area contributed by atoms with Crippen LogP contribution in [0.1, 0.15) is 30.1 Å². The number of nitrogens with one attached hydrogen (secondary N) is 2. The number of carbonyl (C=O) groups excluding carboxylic acids is 3. The van der Waals surface area contributed by atoms with E-state index in [1.807, 2.05) is 28.7 Å². The zero-order chi connectivity index (χ0) is 16.1. The van der Waals surface area contributed by atoms with Gasteiger partial charge in [-0.25, -0.2) is 0 Å². The minimum atomic E-state index is -0.859. The van der Waals surface area contributed by atoms with Crippen LogP contribution in [0, 0.1) is 3.57 Å². The second kappa shape index (κ2) is 7.57. The third kappa shape index (κ3) is 4.97. The molecule has 118 valence electrons. The number of amides is 2. The number of ether oxygens (including phenoxy) is 1. The highest BCUT2D eigenvalue weighted by Crippen LogP contribution is 2.18. The highest BCUT2D eigenvalue weighted by atomic mass is 127. The molecule has 2 N–H and O–H groups in total. The van der Waals surface area contributed by atoms with E-state index in [9.17, 15) is 14.4 Å². The number of esters is 1. The first-order chi connectivity index (χ1) is 10.5. The molecule has 7 heteroatoms. The van der Waals surface area contributed by atoms with E-state index in [2.05, 4.69) is 10.6 Å². The van der Waals surface area contributed by atoms with Crippen LogP contribution in [-0.2, 0) is 14.3 Å². The molecule has 0 bridgehead atoms. The van der Waals surface area contributed by atoms with E-state index in [-0.39, 0.29) is 24.4 Å². The normalized spacial score (nSPS) is 14.8. The van der Waals surface area contributed by atoms with Crippen molar-refractivity contribution in [3.8, 4) is 0 Å². The monoisotopic (exact) mass is 416 g/mol. The van der Waals surface area contributed by atoms with Crippen LogP contribution in [0.15, 0.2) is 24.3 Å². The Bertz CT molecular complexity index is 587. The highest BCUT2D eigenvalue weighted by Gasteiger charge is 2.27. The Labute approximate surface area is 142 Å². The molecule has 1 aromatic carbocycles. The summed E-state index contributed by atoms with van der Waals surface area (Å²) in [6, 6.07) is 7.27. The SMILES string of the molecule is C[C@H](OC(=O)CNC(=O)c1ccccc1I)C(=O)NC1CC1. The number of carbonyl (C=O) groups is 3. The summed E-state index contributed by atoms with van der Waals surface area (Å²) in [5.41, 5.74) is 0.496. The molecule has 0 aliphatic heterocycles. The van der Waals surface area contributed by atoms with Gasteiger partial charge >= 0.3 is 5.97 Å². The predicted molar refractivity (Wildman–Crippen MR) is 88.2 cm³/mol. The fourth-order valence-corrected chi connectivity index (χ4v) is 2.36. The van der Waals surface area contributed by atoms with Crippen LogP contribution in [0.2, 0.25) is 0 Å². The van der Waals surface area contributed by atoms with E-state index in [0.717, 1.165) is 16.4 Å². The van der Waals surface area contributed by atoms with Crippen molar-refractivity contribution in [2.24, 2.45) is 0 Å². The lowest BCUT2D eigenvalue weighted by Crippen LogP contribution is -2.39. The van der Waals surface area contributed by atoms with Crippen LogP contribution in [0.5, 0.6) is 0 Å². The van der Waals surface area contributed by atoms with Crippen LogP contribution >= 0.6 is 22.6 Å². The molecule has 1 aliphatic carbocycles. The summed E-state index contributed by atoms with van der Waals surface area (Å²) >= 11 is 2.05. The van der Waals surface area contributed by atoms with E-state index in [4.69, 9.17) is 4.74 Å². The number of halogens is 1. The largest absolute Gasteiger partial charge is 0.451 e. The summed E-state index contributed by atoms with van der Waals surface area (Å²) in [4.78, 5) is 35.3. The van der Waals surface area contributed by atoms with Gasteiger partial charge in [0.25, 0.3) is 11.8 Å². The zero-order valence-corrected chi connectivity index (χ0v) is 14.3. The summed E-state index contributed by atoms with van der Waals surface area (Å²) in [6.45, 7) is 1.24. The molecule has 22 heavy (non-hydrogen) atoms. The lowest BCUT2D eigenvalue weighted by molar-refractivity contribution is -0.153. The van der Waals surface area contributed by atoms with Crippen molar-refractivity contribution in [1.29, 1.82) is 0 Å². The predicted octanol–water partition coefficient (Wildman–Crippen LogP) is 1.23. The molecule has 1 aliphatic rings. The van der Waals surface area contributed by atoms with Gasteiger partial charge in [0, 0.05) is 9.61 Å². The molecule has 0 unspecified atom stereocenters. The summed E-state index contributed by atoms with van der Waals surface area (Å²) < 4.78 is 5.78. The van der Waals surface area contributed by atoms with E-state index in [1.165, 1.54) is 6.92 Å². The second-order valence-electron chi connectivity index (χ2n) is 5.08. The summed E-state index contributed by atoms with van der Waals surface area (Å²) in [5, 5.41) is 5.24. The first-order valence-corrected chi connectivity index (χ1v) is 8.08. The second-order valence-corrected chi connectivity index (χ2v) is 6.24. The number of hydrogen-bond acceptors (Lipinski definition) is 4. The van der Waals surface area contributed by atoms with Gasteiger partial charge in [0.1, 0.15) is 6.54 Å². The first kappa shape index (κ1) is 16.7. The van der Waals surface area contributed by atoms with E-state index in [0.29, 0.717) is 5.56 Å². The average molecular weight is 416 g/mol. The molecule has 1 aromatic rings. The maximum atomic E-state index is 11.9. The molecule has 0 radical (unpaired) electrons. The third-order valence-corrected chi connectivity index (χ3v) is 4.05. The zero-order valence-electron chi connectivity index (χ0n) is 12.1. The molecule has 0 spiro atoms. The first-order valence-electron chi connectivity index (χ1n) is 7.00. The van der Waals surface area contributed by atoms with Crippen LogP contribution in [0.25, 0.3) is 0 Å². The Kier molecular flexibility index (Phi) is 5.76. The smallest absolute Gasteiger partial charge is 0.326 e. The van der Waals surface area contributed by atoms with Gasteiger partial charge in [-0.1, -0.05) is 12.1 Å². The van der Waals surface area contributed by atoms with Gasteiger partial charge in [-0.15, -0.1) is 0 Å². The summed E-state index contributed by atoms with van der Waals surface area (Å²) in [7, 11) is 0. The van der Waals surface area contributed by atoms with Crippen molar-refractivity contribution in [1.82, 2.24) is 10.6 Å². The molecule has 6 nitrogen and oxygen atoms in total. The fraction of sp³-hybridized carbons (Fsp3) is 0.400. The Balaban J connectivity index is 1.76. The Morgan fingerprint density at radius 1 is 1.32 bits per heavy atom. The lowest BCUT2D eigenvalue weighted by Gasteiger charge is -2.13. The number of rotatable bonds is 6. The van der Waals surface area contributed by atoms with E-state index < -0.39 is 12.1 Å². The highest BCUT2D eigenvalue weighted by molar-refractivity contribution is 14.1. The minimum Gasteiger partial charge on any atom is -0.451 e. The third-order valence-electron chi connectivity index (χ3n) is 3.11. The lowest BCUT2D eigenvalue weighted by atomic mass is 10.2. The van der Waals surface area contributed by atoms with E-state index >= 15 is 0 Å². The topological polar surface area (TPSA) is 84.5 Å². The van der Waals surface area contributed by atoms with Gasteiger partial charge in [0.2, 0.25) is 0 Å². The Morgan fingerprint density at radius 2 is 2.00 bits per heavy atom. The van der Waals surface area contributed by atoms with Crippen molar-refractivity contribution in [2.45, 2.75) is 31.9 Å². The average Bonchev–Trinajstić information content (AvgIpc) is 3.29. The Hall–Kier alpha value is -1.64. The van der Waals surface area contributed by atoms with Gasteiger partial charge in [-0.2, -0.15) is 0 Å². The number of hydrogen-bond donors (Lipinski definition) is 2.